The molecule has 9 heteroatoms. The van der Waals surface area contributed by atoms with Gasteiger partial charge in [0.05, 0.1) is 6.54 Å². The average molecular weight is 417 g/mol. The number of nitrogens with zero attached hydrogens (tertiary/aromatic N) is 5. The van der Waals surface area contributed by atoms with E-state index in [-0.39, 0.29) is 11.3 Å². The van der Waals surface area contributed by atoms with Crippen LogP contribution in [0.2, 0.25) is 0 Å². The molecule has 2 N–H and O–H groups in total. The highest BCUT2D eigenvalue weighted by Crippen LogP contribution is 2.17. The highest BCUT2D eigenvalue weighted by molar-refractivity contribution is 7.80. The summed E-state index contributed by atoms with van der Waals surface area (Å²) in [5.74, 6) is 1.05. The molecule has 0 fully saturated rings. The fraction of sp³-hybridized carbons (Fsp3) is 0.400. The van der Waals surface area contributed by atoms with Gasteiger partial charge in [0, 0.05) is 13.6 Å². The summed E-state index contributed by atoms with van der Waals surface area (Å²) in [5.41, 5.74) is 8.16. The smallest absolute Gasteiger partial charge is 0.339 e. The Labute approximate surface area is 175 Å². The zero-order chi connectivity index (χ0) is 21.6. The van der Waals surface area contributed by atoms with Crippen LogP contribution in [0.3, 0.4) is 0 Å². The van der Waals surface area contributed by atoms with Crippen LogP contribution in [0.5, 0.6) is 0 Å². The summed E-state index contributed by atoms with van der Waals surface area (Å²) < 4.78 is 2.52. The highest BCUT2D eigenvalue weighted by atomic mass is 32.1. The molecule has 0 saturated heterocycles. The Hall–Kier alpha value is -2.81. The maximum atomic E-state index is 13.0. The first-order valence-electron chi connectivity index (χ1n) is 9.49. The monoisotopic (exact) mass is 416 g/mol. The van der Waals surface area contributed by atoms with Crippen LogP contribution in [0, 0.1) is 6.92 Å². The molecule has 1 aromatic carbocycles. The first-order chi connectivity index (χ1) is 13.8. The number of carbonyl (C=O) groups is 1. The normalized spacial score (nSPS) is 10.5. The summed E-state index contributed by atoms with van der Waals surface area (Å²) in [6.07, 6.45) is 2.08. The standard InChI is InChI=1S/C18H22N6O2.C2H6S/c1-4-9-22(3)17(25)24-14-15(19)20-11-21-16(14)23(18(24)26)10-13-7-5-12(2)6-8-13;1-2-3/h5-8,11H,4,9-10H2,1-3H3,(H2,19,20,21);3H,2H2,1H3. The molecule has 0 atom stereocenters. The topological polar surface area (TPSA) is 99.0 Å². The molecule has 8 nitrogen and oxygen atoms in total. The number of nitrogens with two attached hydrogens (primary N) is 1. The van der Waals surface area contributed by atoms with Gasteiger partial charge in [-0.05, 0) is 24.7 Å². The predicted octanol–water partition coefficient (Wildman–Crippen LogP) is 2.78. The summed E-state index contributed by atoms with van der Waals surface area (Å²) in [4.78, 5) is 35.5. The SMILES string of the molecule is CCCN(C)C(=O)n1c(=O)n(Cc2ccc(C)cc2)c2ncnc(N)c21.CCS. The van der Waals surface area contributed by atoms with E-state index in [0.29, 0.717) is 18.7 Å². The Morgan fingerprint density at radius 3 is 2.41 bits per heavy atom. The van der Waals surface area contributed by atoms with Crippen LogP contribution < -0.4 is 11.4 Å². The van der Waals surface area contributed by atoms with Crippen LogP contribution >= 0.6 is 12.6 Å². The number of fused-ring (bicyclic) bond motifs is 1. The van der Waals surface area contributed by atoms with Crippen molar-refractivity contribution in [1.29, 1.82) is 0 Å². The van der Waals surface area contributed by atoms with Gasteiger partial charge in [-0.2, -0.15) is 12.6 Å². The third-order valence-electron chi connectivity index (χ3n) is 4.27. The number of anilines is 1. The van der Waals surface area contributed by atoms with E-state index < -0.39 is 11.7 Å². The molecular weight excluding hydrogens is 388 g/mol. The third kappa shape index (κ3) is 4.97. The van der Waals surface area contributed by atoms with Gasteiger partial charge < -0.3 is 10.6 Å². The van der Waals surface area contributed by atoms with E-state index in [9.17, 15) is 9.59 Å². The molecule has 0 saturated carbocycles. The van der Waals surface area contributed by atoms with Crippen LogP contribution in [-0.4, -0.2) is 49.4 Å². The lowest BCUT2D eigenvalue weighted by molar-refractivity contribution is 0.210. The molecule has 156 valence electrons. The number of imidazole rings is 1. The Balaban J connectivity index is 0.000000941. The minimum Gasteiger partial charge on any atom is -0.382 e. The van der Waals surface area contributed by atoms with Gasteiger partial charge in [0.25, 0.3) is 0 Å². The number of carbonyl (C=O) groups excluding carboxylic acids is 1. The number of benzene rings is 1. The minimum atomic E-state index is -0.472. The van der Waals surface area contributed by atoms with Crippen LogP contribution in [-0.2, 0) is 6.54 Å². The first kappa shape index (κ1) is 22.5. The molecule has 0 spiro atoms. The number of aromatic nitrogens is 4. The van der Waals surface area contributed by atoms with E-state index in [2.05, 4.69) is 22.6 Å². The molecule has 0 aliphatic heterocycles. The molecule has 0 aliphatic carbocycles. The van der Waals surface area contributed by atoms with E-state index in [1.165, 1.54) is 15.8 Å². The molecule has 0 bridgehead atoms. The summed E-state index contributed by atoms with van der Waals surface area (Å²) in [6, 6.07) is 7.40. The van der Waals surface area contributed by atoms with Gasteiger partial charge in [-0.15, -0.1) is 0 Å². The van der Waals surface area contributed by atoms with Crippen molar-refractivity contribution in [2.45, 2.75) is 33.7 Å². The van der Waals surface area contributed by atoms with E-state index in [0.717, 1.165) is 27.9 Å². The summed E-state index contributed by atoms with van der Waals surface area (Å²) in [6.45, 7) is 6.78. The second kappa shape index (κ2) is 10.1. The van der Waals surface area contributed by atoms with Gasteiger partial charge in [-0.1, -0.05) is 43.7 Å². The number of nitrogen functional groups attached to an aromatic ring is 1. The van der Waals surface area contributed by atoms with Crippen molar-refractivity contribution in [3.63, 3.8) is 0 Å². The maximum absolute atomic E-state index is 13.0. The molecule has 0 unspecified atom stereocenters. The van der Waals surface area contributed by atoms with Crippen molar-refractivity contribution in [3.8, 4) is 0 Å². The largest absolute Gasteiger partial charge is 0.382 e. The molecule has 1 amide bonds. The van der Waals surface area contributed by atoms with Crippen molar-refractivity contribution in [3.05, 3.63) is 52.2 Å². The molecular formula is C20H28N6O2S. The Bertz CT molecular complexity index is 1030. The van der Waals surface area contributed by atoms with Gasteiger partial charge in [0.1, 0.15) is 11.8 Å². The van der Waals surface area contributed by atoms with Crippen LogP contribution in [0.25, 0.3) is 11.2 Å². The van der Waals surface area contributed by atoms with Crippen LogP contribution in [0.1, 0.15) is 31.4 Å². The van der Waals surface area contributed by atoms with Gasteiger partial charge in [0.2, 0.25) is 0 Å². The quantitative estimate of drug-likeness (QED) is 0.637. The lowest BCUT2D eigenvalue weighted by Crippen LogP contribution is -2.38. The lowest BCUT2D eigenvalue weighted by atomic mass is 10.1. The predicted molar refractivity (Wildman–Crippen MR) is 120 cm³/mol. The number of amides is 1. The molecule has 2 aromatic heterocycles. The van der Waals surface area contributed by atoms with Gasteiger partial charge in [-0.25, -0.2) is 24.1 Å². The second-order valence-electron chi connectivity index (χ2n) is 6.64. The van der Waals surface area contributed by atoms with Crippen molar-refractivity contribution < 1.29 is 4.79 Å². The van der Waals surface area contributed by atoms with Crippen LogP contribution in [0.4, 0.5) is 10.6 Å². The number of hydrogen-bond donors (Lipinski definition) is 2. The maximum Gasteiger partial charge on any atom is 0.339 e. The molecule has 3 aromatic rings. The zero-order valence-corrected chi connectivity index (χ0v) is 18.2. The first-order valence-corrected chi connectivity index (χ1v) is 10.1. The Morgan fingerprint density at radius 2 is 1.83 bits per heavy atom. The van der Waals surface area contributed by atoms with Gasteiger partial charge >= 0.3 is 11.7 Å². The summed E-state index contributed by atoms with van der Waals surface area (Å²) >= 11 is 3.79. The average Bonchev–Trinajstić information content (AvgIpc) is 2.97. The van der Waals surface area contributed by atoms with Gasteiger partial charge in [-0.3, -0.25) is 4.57 Å². The third-order valence-corrected chi connectivity index (χ3v) is 4.27. The van der Waals surface area contributed by atoms with E-state index in [1.807, 2.05) is 45.0 Å². The minimum absolute atomic E-state index is 0.105. The van der Waals surface area contributed by atoms with E-state index >= 15 is 0 Å². The number of hydrogen-bond acceptors (Lipinski definition) is 6. The second-order valence-corrected chi connectivity index (χ2v) is 7.27. The molecule has 3 rings (SSSR count). The summed E-state index contributed by atoms with van der Waals surface area (Å²) in [7, 11) is 1.65. The summed E-state index contributed by atoms with van der Waals surface area (Å²) in [5, 5.41) is 0. The highest BCUT2D eigenvalue weighted by Gasteiger charge is 2.24. The number of rotatable bonds is 4. The van der Waals surface area contributed by atoms with Crippen molar-refractivity contribution >= 4 is 35.6 Å². The van der Waals surface area contributed by atoms with Gasteiger partial charge in [0.15, 0.2) is 11.5 Å². The van der Waals surface area contributed by atoms with Crippen molar-refractivity contribution in [2.24, 2.45) is 0 Å². The van der Waals surface area contributed by atoms with Crippen molar-refractivity contribution in [1.82, 2.24) is 24.0 Å². The van der Waals surface area contributed by atoms with Crippen molar-refractivity contribution in [2.75, 3.05) is 25.1 Å². The van der Waals surface area contributed by atoms with E-state index in [4.69, 9.17) is 5.73 Å². The number of aryl methyl sites for hydroxylation is 1. The fourth-order valence-corrected chi connectivity index (χ4v) is 2.90. The number of thiol groups is 1. The van der Waals surface area contributed by atoms with Crippen LogP contribution in [0.15, 0.2) is 35.4 Å². The van der Waals surface area contributed by atoms with E-state index in [1.54, 1.807) is 7.05 Å². The Morgan fingerprint density at radius 1 is 1.21 bits per heavy atom. The fourth-order valence-electron chi connectivity index (χ4n) is 2.90. The molecule has 0 aliphatic rings. The zero-order valence-electron chi connectivity index (χ0n) is 17.3. The lowest BCUT2D eigenvalue weighted by Gasteiger charge is -2.16. The molecule has 29 heavy (non-hydrogen) atoms. The Kier molecular flexibility index (Phi) is 7.83. The molecule has 2 heterocycles. The molecule has 0 radical (unpaired) electrons.